The minimum Gasteiger partial charge on any atom is -0.383 e. The monoisotopic (exact) mass is 521 g/mol. The van der Waals surface area contributed by atoms with Gasteiger partial charge in [0.05, 0.1) is 10.6 Å². The van der Waals surface area contributed by atoms with Crippen molar-refractivity contribution in [1.82, 2.24) is 5.32 Å². The van der Waals surface area contributed by atoms with Crippen LogP contribution in [0.4, 0.5) is 5.69 Å². The van der Waals surface area contributed by atoms with E-state index in [2.05, 4.69) is 58.8 Å². The van der Waals surface area contributed by atoms with E-state index >= 15 is 0 Å². The highest BCUT2D eigenvalue weighted by atomic mass is 79.9. The van der Waals surface area contributed by atoms with Crippen LogP contribution >= 0.6 is 45.3 Å². The minimum absolute atomic E-state index is 0. The standard InChI is InChI=1S/C22H23N3S.2BrH/c23-22(21-10-5-13-26-21)25-18-12-11-17-8-4-9-20(19(17)14-18)24-15-16-6-2-1-3-7-16;;/h1-3,5-7,10-14,20,24H,4,8-9,15H2,(H2,23,25);2*1H. The Morgan fingerprint density at radius 3 is 2.64 bits per heavy atom. The number of hydrogen-bond donors (Lipinski definition) is 2. The van der Waals surface area contributed by atoms with Crippen LogP contribution in [0.2, 0.25) is 0 Å². The first-order valence-electron chi connectivity index (χ1n) is 9.08. The molecule has 0 amide bonds. The zero-order valence-corrected chi connectivity index (χ0v) is 19.7. The number of nitrogens with one attached hydrogen (secondary N) is 1. The van der Waals surface area contributed by atoms with Crippen molar-refractivity contribution in [2.75, 3.05) is 0 Å². The van der Waals surface area contributed by atoms with Crippen LogP contribution in [0.5, 0.6) is 0 Å². The molecule has 1 aliphatic carbocycles. The van der Waals surface area contributed by atoms with Crippen LogP contribution in [0.25, 0.3) is 0 Å². The fraction of sp³-hybridized carbons (Fsp3) is 0.227. The van der Waals surface area contributed by atoms with E-state index in [1.54, 1.807) is 11.3 Å². The number of halogens is 2. The molecule has 0 saturated heterocycles. The van der Waals surface area contributed by atoms with Gasteiger partial charge in [0.15, 0.2) is 0 Å². The van der Waals surface area contributed by atoms with Crippen LogP contribution in [0.3, 0.4) is 0 Å². The molecule has 0 radical (unpaired) electrons. The van der Waals surface area contributed by atoms with Crippen LogP contribution in [-0.4, -0.2) is 5.84 Å². The third kappa shape index (κ3) is 5.54. The minimum atomic E-state index is 0. The van der Waals surface area contributed by atoms with Crippen molar-refractivity contribution in [1.29, 1.82) is 0 Å². The number of benzene rings is 2. The van der Waals surface area contributed by atoms with Gasteiger partial charge < -0.3 is 11.1 Å². The van der Waals surface area contributed by atoms with E-state index in [-0.39, 0.29) is 34.0 Å². The van der Waals surface area contributed by atoms with Gasteiger partial charge in [0.25, 0.3) is 0 Å². The normalized spacial score (nSPS) is 15.9. The van der Waals surface area contributed by atoms with Gasteiger partial charge in [0, 0.05) is 12.6 Å². The second-order valence-corrected chi connectivity index (χ2v) is 7.62. The van der Waals surface area contributed by atoms with Gasteiger partial charge in [-0.05, 0) is 59.5 Å². The molecule has 1 aliphatic rings. The molecule has 1 unspecified atom stereocenters. The Morgan fingerprint density at radius 2 is 1.89 bits per heavy atom. The molecule has 0 aliphatic heterocycles. The molecule has 3 N–H and O–H groups in total. The molecule has 2 aromatic carbocycles. The maximum Gasteiger partial charge on any atom is 0.141 e. The summed E-state index contributed by atoms with van der Waals surface area (Å²) in [7, 11) is 0. The van der Waals surface area contributed by atoms with Crippen LogP contribution < -0.4 is 11.1 Å². The summed E-state index contributed by atoms with van der Waals surface area (Å²) in [5, 5.41) is 5.75. The summed E-state index contributed by atoms with van der Waals surface area (Å²) in [6.07, 6.45) is 3.52. The molecule has 1 heterocycles. The highest BCUT2D eigenvalue weighted by Crippen LogP contribution is 2.33. The fourth-order valence-corrected chi connectivity index (χ4v) is 4.15. The maximum atomic E-state index is 6.16. The van der Waals surface area contributed by atoms with Gasteiger partial charge >= 0.3 is 0 Å². The van der Waals surface area contributed by atoms with Crippen molar-refractivity contribution in [2.24, 2.45) is 10.7 Å². The summed E-state index contributed by atoms with van der Waals surface area (Å²) in [5.74, 6) is 0.588. The SMILES string of the molecule is Br.Br.NC(=Nc1ccc2c(c1)C(NCc1ccccc1)CCC2)c1cccs1. The molecule has 3 aromatic rings. The first-order chi connectivity index (χ1) is 12.8. The second-order valence-electron chi connectivity index (χ2n) is 6.67. The number of fused-ring (bicyclic) bond motifs is 1. The third-order valence-electron chi connectivity index (χ3n) is 4.86. The third-order valence-corrected chi connectivity index (χ3v) is 5.75. The fourth-order valence-electron chi connectivity index (χ4n) is 3.52. The predicted molar refractivity (Wildman–Crippen MR) is 131 cm³/mol. The van der Waals surface area contributed by atoms with Crippen molar-refractivity contribution >= 4 is 56.8 Å². The summed E-state index contributed by atoms with van der Waals surface area (Å²) in [6, 6.07) is 21.4. The smallest absolute Gasteiger partial charge is 0.141 e. The van der Waals surface area contributed by atoms with E-state index in [1.165, 1.54) is 23.1 Å². The van der Waals surface area contributed by atoms with Gasteiger partial charge in [-0.1, -0.05) is 42.5 Å². The van der Waals surface area contributed by atoms with E-state index in [0.29, 0.717) is 11.9 Å². The van der Waals surface area contributed by atoms with Gasteiger partial charge in [-0.2, -0.15) is 0 Å². The average molecular weight is 523 g/mol. The van der Waals surface area contributed by atoms with Crippen molar-refractivity contribution in [2.45, 2.75) is 31.8 Å². The quantitative estimate of drug-likeness (QED) is 0.314. The Morgan fingerprint density at radius 1 is 1.07 bits per heavy atom. The first-order valence-corrected chi connectivity index (χ1v) is 9.96. The number of rotatable bonds is 5. The van der Waals surface area contributed by atoms with Crippen LogP contribution in [0, 0.1) is 0 Å². The molecule has 3 nitrogen and oxygen atoms in total. The molecule has 4 rings (SSSR count). The van der Waals surface area contributed by atoms with Crippen molar-refractivity contribution in [3.05, 3.63) is 87.6 Å². The first kappa shape index (κ1) is 22.8. The van der Waals surface area contributed by atoms with Gasteiger partial charge in [-0.15, -0.1) is 45.3 Å². The van der Waals surface area contributed by atoms with E-state index < -0.39 is 0 Å². The Balaban J connectivity index is 0.00000140. The van der Waals surface area contributed by atoms with Gasteiger partial charge in [-0.25, -0.2) is 4.99 Å². The van der Waals surface area contributed by atoms with E-state index in [4.69, 9.17) is 5.73 Å². The number of nitrogens with two attached hydrogens (primary N) is 1. The lowest BCUT2D eigenvalue weighted by Gasteiger charge is -2.27. The highest BCUT2D eigenvalue weighted by molar-refractivity contribution is 8.93. The van der Waals surface area contributed by atoms with E-state index in [0.717, 1.165) is 30.0 Å². The molecule has 6 heteroatoms. The predicted octanol–water partition coefficient (Wildman–Crippen LogP) is 6.11. The summed E-state index contributed by atoms with van der Waals surface area (Å²) >= 11 is 1.62. The van der Waals surface area contributed by atoms with Crippen molar-refractivity contribution in [3.8, 4) is 0 Å². The summed E-state index contributed by atoms with van der Waals surface area (Å²) in [4.78, 5) is 5.65. The molecular weight excluding hydrogens is 498 g/mol. The summed E-state index contributed by atoms with van der Waals surface area (Å²) in [6.45, 7) is 0.885. The summed E-state index contributed by atoms with van der Waals surface area (Å²) in [5.41, 5.74) is 11.2. The van der Waals surface area contributed by atoms with Crippen LogP contribution in [0.1, 0.15) is 40.5 Å². The molecule has 28 heavy (non-hydrogen) atoms. The average Bonchev–Trinajstić information content (AvgIpc) is 3.22. The Hall–Kier alpha value is -1.47. The van der Waals surface area contributed by atoms with E-state index in [9.17, 15) is 0 Å². The molecule has 0 spiro atoms. The van der Waals surface area contributed by atoms with Gasteiger partial charge in [0.1, 0.15) is 5.84 Å². The van der Waals surface area contributed by atoms with Crippen LogP contribution in [-0.2, 0) is 13.0 Å². The molecule has 1 aromatic heterocycles. The zero-order valence-electron chi connectivity index (χ0n) is 15.5. The number of aryl methyl sites for hydroxylation is 1. The topological polar surface area (TPSA) is 50.4 Å². The molecule has 0 bridgehead atoms. The molecule has 148 valence electrons. The number of thiophene rings is 1. The molecular formula is C22H25Br2N3S. The number of nitrogens with zero attached hydrogens (tertiary/aromatic N) is 1. The number of amidine groups is 1. The largest absolute Gasteiger partial charge is 0.383 e. The number of aliphatic imine (C=N–C) groups is 1. The Labute approximate surface area is 191 Å². The lowest BCUT2D eigenvalue weighted by atomic mass is 9.87. The Kier molecular flexibility index (Phi) is 8.89. The lowest BCUT2D eigenvalue weighted by molar-refractivity contribution is 0.459. The zero-order chi connectivity index (χ0) is 17.8. The van der Waals surface area contributed by atoms with Crippen molar-refractivity contribution in [3.63, 3.8) is 0 Å². The second kappa shape index (κ2) is 10.9. The molecule has 0 saturated carbocycles. The number of hydrogen-bond acceptors (Lipinski definition) is 3. The van der Waals surface area contributed by atoms with Crippen LogP contribution in [0.15, 0.2) is 71.0 Å². The Bertz CT molecular complexity index is 895. The molecule has 1 atom stereocenters. The molecule has 0 fully saturated rings. The van der Waals surface area contributed by atoms with E-state index in [1.807, 2.05) is 17.5 Å². The highest BCUT2D eigenvalue weighted by Gasteiger charge is 2.20. The van der Waals surface area contributed by atoms with Gasteiger partial charge in [-0.3, -0.25) is 0 Å². The lowest BCUT2D eigenvalue weighted by Crippen LogP contribution is -2.24. The maximum absolute atomic E-state index is 6.16. The van der Waals surface area contributed by atoms with Crippen molar-refractivity contribution < 1.29 is 0 Å². The summed E-state index contributed by atoms with van der Waals surface area (Å²) < 4.78 is 0. The van der Waals surface area contributed by atoms with Gasteiger partial charge in [0.2, 0.25) is 0 Å².